The summed E-state index contributed by atoms with van der Waals surface area (Å²) < 4.78 is 28.9. The Morgan fingerprint density at radius 2 is 1.47 bits per heavy atom. The van der Waals surface area contributed by atoms with Crippen molar-refractivity contribution in [1.82, 2.24) is 4.31 Å². The third-order valence-corrected chi connectivity index (χ3v) is 11.7. The number of sulfonamides is 1. The first-order chi connectivity index (χ1) is 15.2. The Kier molecular flexibility index (Phi) is 4.21. The average Bonchev–Trinajstić information content (AvgIpc) is 3.26. The molecule has 1 spiro atoms. The van der Waals surface area contributed by atoms with Gasteiger partial charge >= 0.3 is 0 Å². The summed E-state index contributed by atoms with van der Waals surface area (Å²) in [5, 5.41) is 0. The highest BCUT2D eigenvalue weighted by molar-refractivity contribution is 7.89. The topological polar surface area (TPSA) is 54.5 Å². The van der Waals surface area contributed by atoms with E-state index in [0.717, 1.165) is 25.7 Å². The van der Waals surface area contributed by atoms with Gasteiger partial charge in [-0.1, -0.05) is 62.4 Å². The van der Waals surface area contributed by atoms with Gasteiger partial charge in [0, 0.05) is 30.3 Å². The minimum absolute atomic E-state index is 0.0114. The molecule has 3 fully saturated rings. The highest BCUT2D eigenvalue weighted by Crippen LogP contribution is 2.64. The van der Waals surface area contributed by atoms with Gasteiger partial charge in [-0.25, -0.2) is 12.7 Å². The lowest BCUT2D eigenvalue weighted by molar-refractivity contribution is -0.128. The van der Waals surface area contributed by atoms with E-state index in [1.54, 1.807) is 4.31 Å². The molecule has 1 saturated heterocycles. The Morgan fingerprint density at radius 1 is 0.906 bits per heavy atom. The van der Waals surface area contributed by atoms with Crippen LogP contribution in [0.5, 0.6) is 0 Å². The molecule has 6 rings (SSSR count). The molecule has 0 radical (unpaired) electrons. The predicted octanol–water partition coefficient (Wildman–Crippen LogP) is 4.77. The summed E-state index contributed by atoms with van der Waals surface area (Å²) in [5.74, 6) is 0.499. The largest absolute Gasteiger partial charge is 0.299 e. The van der Waals surface area contributed by atoms with Gasteiger partial charge in [-0.2, -0.15) is 0 Å². The van der Waals surface area contributed by atoms with Gasteiger partial charge in [0.05, 0.1) is 5.75 Å². The first kappa shape index (κ1) is 20.6. The fourth-order valence-electron chi connectivity index (χ4n) is 7.61. The van der Waals surface area contributed by atoms with E-state index in [1.807, 2.05) is 0 Å². The molecular formula is C27H31NO3S. The van der Waals surface area contributed by atoms with Gasteiger partial charge in [0.1, 0.15) is 5.78 Å². The van der Waals surface area contributed by atoms with Gasteiger partial charge in [-0.3, -0.25) is 4.79 Å². The van der Waals surface area contributed by atoms with Gasteiger partial charge < -0.3 is 0 Å². The maximum atomic E-state index is 13.6. The fraction of sp³-hybridized carbons (Fsp3) is 0.519. The second-order valence-corrected chi connectivity index (χ2v) is 13.0. The van der Waals surface area contributed by atoms with E-state index < -0.39 is 15.4 Å². The zero-order valence-corrected chi connectivity index (χ0v) is 19.7. The highest BCUT2D eigenvalue weighted by atomic mass is 32.2. The van der Waals surface area contributed by atoms with Crippen LogP contribution >= 0.6 is 0 Å². The maximum Gasteiger partial charge on any atom is 0.215 e. The van der Waals surface area contributed by atoms with E-state index in [1.165, 1.54) is 22.3 Å². The van der Waals surface area contributed by atoms with Crippen molar-refractivity contribution >= 4 is 15.8 Å². The third kappa shape index (κ3) is 2.47. The molecule has 0 unspecified atom stereocenters. The number of nitrogens with zero attached hydrogens (tertiary/aromatic N) is 1. The number of carbonyl (C=O) groups is 1. The lowest BCUT2D eigenvalue weighted by atomic mass is 9.70. The first-order valence-corrected chi connectivity index (χ1v) is 13.5. The molecule has 2 aromatic rings. The quantitative estimate of drug-likeness (QED) is 0.678. The van der Waals surface area contributed by atoms with Gasteiger partial charge in [-0.15, -0.1) is 0 Å². The minimum atomic E-state index is -3.50. The Balaban J connectivity index is 1.29. The first-order valence-electron chi connectivity index (χ1n) is 11.9. The molecule has 32 heavy (non-hydrogen) atoms. The molecule has 1 heterocycles. The van der Waals surface area contributed by atoms with Crippen LogP contribution in [0.2, 0.25) is 0 Å². The molecule has 0 amide bonds. The number of piperidine rings is 1. The minimum Gasteiger partial charge on any atom is -0.299 e. The number of benzene rings is 2. The van der Waals surface area contributed by atoms with Crippen LogP contribution in [0.15, 0.2) is 48.5 Å². The second kappa shape index (κ2) is 6.54. The van der Waals surface area contributed by atoms with Crippen molar-refractivity contribution in [3.05, 3.63) is 59.7 Å². The van der Waals surface area contributed by atoms with E-state index in [2.05, 4.69) is 62.4 Å². The van der Waals surface area contributed by atoms with E-state index in [4.69, 9.17) is 0 Å². The van der Waals surface area contributed by atoms with Crippen molar-refractivity contribution in [1.29, 1.82) is 0 Å². The van der Waals surface area contributed by atoms with Crippen molar-refractivity contribution in [2.24, 2.45) is 16.7 Å². The Hall–Kier alpha value is -1.98. The normalized spacial score (nSPS) is 29.9. The molecule has 5 heteroatoms. The maximum absolute atomic E-state index is 13.6. The SMILES string of the molecule is CC1(C)[C@@H]2CC[C@@]1(CS(=O)(=O)N1CCC3(CC1)c1ccccc1-c1ccccc13)C(=O)C2. The van der Waals surface area contributed by atoms with Gasteiger partial charge in [0.25, 0.3) is 0 Å². The van der Waals surface area contributed by atoms with Crippen LogP contribution in [-0.2, 0) is 20.2 Å². The molecule has 2 aromatic carbocycles. The molecule has 0 aromatic heterocycles. The zero-order valence-electron chi connectivity index (χ0n) is 18.9. The van der Waals surface area contributed by atoms with Crippen molar-refractivity contribution in [2.45, 2.75) is 51.4 Å². The molecule has 2 atom stereocenters. The van der Waals surface area contributed by atoms with Crippen LogP contribution in [0.4, 0.5) is 0 Å². The van der Waals surface area contributed by atoms with Crippen molar-refractivity contribution < 1.29 is 13.2 Å². The summed E-state index contributed by atoms with van der Waals surface area (Å²) in [4.78, 5) is 12.9. The number of carbonyl (C=O) groups excluding carboxylic acids is 1. The van der Waals surface area contributed by atoms with Gasteiger partial charge in [0.15, 0.2) is 0 Å². The van der Waals surface area contributed by atoms with Crippen LogP contribution in [0.1, 0.15) is 57.1 Å². The van der Waals surface area contributed by atoms with Crippen molar-refractivity contribution in [2.75, 3.05) is 18.8 Å². The lowest BCUT2D eigenvalue weighted by Crippen LogP contribution is -2.50. The molecule has 4 aliphatic rings. The van der Waals surface area contributed by atoms with Crippen LogP contribution in [0.25, 0.3) is 11.1 Å². The van der Waals surface area contributed by atoms with Crippen LogP contribution in [0.3, 0.4) is 0 Å². The number of rotatable bonds is 3. The highest BCUT2D eigenvalue weighted by Gasteiger charge is 2.65. The van der Waals surface area contributed by atoms with Crippen molar-refractivity contribution in [3.63, 3.8) is 0 Å². The molecular weight excluding hydrogens is 418 g/mol. The Labute approximate surface area is 191 Å². The van der Waals surface area contributed by atoms with E-state index in [0.29, 0.717) is 25.4 Å². The molecule has 4 nitrogen and oxygen atoms in total. The molecule has 168 valence electrons. The monoisotopic (exact) mass is 449 g/mol. The summed E-state index contributed by atoms with van der Waals surface area (Å²) in [7, 11) is -3.50. The van der Waals surface area contributed by atoms with E-state index >= 15 is 0 Å². The van der Waals surface area contributed by atoms with Gasteiger partial charge in [0.2, 0.25) is 10.0 Å². The predicted molar refractivity (Wildman–Crippen MR) is 126 cm³/mol. The number of Topliss-reactive ketones (excluding diaryl/α,β-unsaturated/α-hetero) is 1. The fourth-order valence-corrected chi connectivity index (χ4v) is 9.83. The van der Waals surface area contributed by atoms with Crippen LogP contribution in [0, 0.1) is 16.7 Å². The smallest absolute Gasteiger partial charge is 0.215 e. The summed E-state index contributed by atoms with van der Waals surface area (Å²) in [6.07, 6.45) is 3.83. The molecule has 3 aliphatic carbocycles. The van der Waals surface area contributed by atoms with E-state index in [9.17, 15) is 13.2 Å². The average molecular weight is 450 g/mol. The third-order valence-electron chi connectivity index (χ3n) is 9.71. The molecule has 1 aliphatic heterocycles. The number of ketones is 1. The molecule has 2 bridgehead atoms. The Bertz CT molecular complexity index is 1180. The summed E-state index contributed by atoms with van der Waals surface area (Å²) >= 11 is 0. The van der Waals surface area contributed by atoms with E-state index in [-0.39, 0.29) is 22.4 Å². The molecule has 2 saturated carbocycles. The number of fused-ring (bicyclic) bond motifs is 7. The zero-order chi connectivity index (χ0) is 22.4. The second-order valence-electron chi connectivity index (χ2n) is 11.0. The van der Waals surface area contributed by atoms with Crippen LogP contribution < -0.4 is 0 Å². The molecule has 0 N–H and O–H groups in total. The number of hydrogen-bond donors (Lipinski definition) is 0. The number of hydrogen-bond acceptors (Lipinski definition) is 3. The summed E-state index contributed by atoms with van der Waals surface area (Å²) in [6.45, 7) is 5.25. The standard InChI is InChI=1S/C27H31NO3S/c1-25(2)19-11-12-27(25,24(29)17-19)18-32(30,31)28-15-13-26(14-16-28)22-9-5-3-7-20(22)21-8-4-6-10-23(21)26/h3-10,19H,11-18H2,1-2H3/t19-,27-/m1/s1. The van der Waals surface area contributed by atoms with Crippen LogP contribution in [-0.4, -0.2) is 37.3 Å². The van der Waals surface area contributed by atoms with Crippen molar-refractivity contribution in [3.8, 4) is 11.1 Å². The summed E-state index contributed by atoms with van der Waals surface area (Å²) in [5.41, 5.74) is 4.21. The summed E-state index contributed by atoms with van der Waals surface area (Å²) in [6, 6.07) is 17.2. The lowest BCUT2D eigenvalue weighted by Gasteiger charge is -2.42. The Morgan fingerprint density at radius 3 is 1.97 bits per heavy atom. The van der Waals surface area contributed by atoms with Gasteiger partial charge in [-0.05, 0) is 59.3 Å².